The summed E-state index contributed by atoms with van der Waals surface area (Å²) in [4.78, 5) is 26.9. The number of allylic oxidation sites excluding steroid dienone is 3. The average molecular weight is 747 g/mol. The molecule has 8 N–H and O–H groups in total. The second-order valence-corrected chi connectivity index (χ2v) is 12.9. The molecule has 2 fully saturated rings. The maximum absolute atomic E-state index is 14.2. The fourth-order valence-corrected chi connectivity index (χ4v) is 6.84. The Kier molecular flexibility index (Phi) is 10.2. The van der Waals surface area contributed by atoms with Crippen LogP contribution in [0.1, 0.15) is 69.2 Å². The van der Waals surface area contributed by atoms with E-state index < -0.39 is 113 Å². The molecule has 3 amide bonds. The van der Waals surface area contributed by atoms with E-state index >= 15 is 0 Å². The van der Waals surface area contributed by atoms with Gasteiger partial charge in [-0.05, 0) is 74.1 Å². The number of hydrogen-bond donors (Lipinski definition) is 8. The number of aliphatic hydroxyl groups is 8. The Labute approximate surface area is 285 Å². The molecule has 286 valence electrons. The molecule has 0 aromatic heterocycles. The summed E-state index contributed by atoms with van der Waals surface area (Å²) in [5.74, 6) is -19.5. The standard InChI is InChI=1S/C30H37F7N4O10/c1-14-9-20(31)5-6-22(14)23-13-21(41-29(48,49)27(44,45)40(16(3)42)28(46,47)30(41,50)51)7-8-39(23)24(43)38(4)15(2)17-10-18(25(32,33)34)12-19(11-17)26(35,36)37/h9-12,15,21,23,44-51H,5-8,13H2,1-4H3. The van der Waals surface area contributed by atoms with Crippen LogP contribution in [-0.4, -0.2) is 122 Å². The van der Waals surface area contributed by atoms with Crippen molar-refractivity contribution in [3.05, 3.63) is 57.9 Å². The molecular formula is C30H37F7N4O10. The lowest BCUT2D eigenvalue weighted by Gasteiger charge is -2.63. The molecular weight excluding hydrogens is 709 g/mol. The zero-order valence-corrected chi connectivity index (χ0v) is 27.4. The van der Waals surface area contributed by atoms with Crippen LogP contribution in [0.5, 0.6) is 0 Å². The topological polar surface area (TPSA) is 209 Å². The van der Waals surface area contributed by atoms with Gasteiger partial charge in [0.05, 0.1) is 23.2 Å². The summed E-state index contributed by atoms with van der Waals surface area (Å²) in [6, 6.07) is -4.64. The van der Waals surface area contributed by atoms with Gasteiger partial charge in [-0.3, -0.25) is 4.79 Å². The minimum atomic E-state index is -5.18. The van der Waals surface area contributed by atoms with Crippen LogP contribution >= 0.6 is 0 Å². The number of nitrogens with zero attached hydrogens (tertiary/aromatic N) is 4. The van der Waals surface area contributed by atoms with Gasteiger partial charge in [0.1, 0.15) is 5.83 Å². The van der Waals surface area contributed by atoms with Crippen molar-refractivity contribution in [2.24, 2.45) is 0 Å². The molecule has 3 unspecified atom stereocenters. The maximum atomic E-state index is 14.2. The zero-order chi connectivity index (χ0) is 39.0. The first kappa shape index (κ1) is 40.4. The molecule has 1 aromatic carbocycles. The fraction of sp³-hybridized carbons (Fsp3) is 0.600. The fourth-order valence-electron chi connectivity index (χ4n) is 6.84. The summed E-state index contributed by atoms with van der Waals surface area (Å²) in [5.41, 5.74) is -3.26. The molecule has 14 nitrogen and oxygen atoms in total. The normalized spacial score (nSPS) is 25.7. The molecule has 0 bridgehead atoms. The summed E-state index contributed by atoms with van der Waals surface area (Å²) >= 11 is 0. The highest BCUT2D eigenvalue weighted by Gasteiger charge is 2.79. The summed E-state index contributed by atoms with van der Waals surface area (Å²) in [6.07, 6.45) is -10.7. The van der Waals surface area contributed by atoms with E-state index in [4.69, 9.17) is 0 Å². The second kappa shape index (κ2) is 12.9. The number of rotatable bonds is 4. The Balaban J connectivity index is 1.78. The molecule has 0 radical (unpaired) electrons. The Morgan fingerprint density at radius 2 is 1.35 bits per heavy atom. The smallest absolute Gasteiger partial charge is 0.347 e. The third-order valence-corrected chi connectivity index (χ3v) is 9.59. The molecule has 2 heterocycles. The number of piperazine rings is 1. The van der Waals surface area contributed by atoms with Gasteiger partial charge in [0.2, 0.25) is 5.91 Å². The van der Waals surface area contributed by atoms with Crippen LogP contribution < -0.4 is 0 Å². The summed E-state index contributed by atoms with van der Waals surface area (Å²) in [6.45, 7) is 2.56. The van der Waals surface area contributed by atoms with Gasteiger partial charge in [0, 0.05) is 33.0 Å². The predicted octanol–water partition coefficient (Wildman–Crippen LogP) is 1.35. The lowest BCUT2D eigenvalue weighted by molar-refractivity contribution is -0.604. The number of hydrogen-bond acceptors (Lipinski definition) is 11. The molecule has 3 atom stereocenters. The molecule has 1 aromatic rings. The van der Waals surface area contributed by atoms with Crippen LogP contribution in [0, 0.1) is 0 Å². The molecule has 3 aliphatic rings. The van der Waals surface area contributed by atoms with Crippen LogP contribution in [0.25, 0.3) is 0 Å². The van der Waals surface area contributed by atoms with Gasteiger partial charge in [0.15, 0.2) is 0 Å². The first-order valence-electron chi connectivity index (χ1n) is 15.3. The van der Waals surface area contributed by atoms with Crippen LogP contribution in [0.2, 0.25) is 0 Å². The molecule has 21 heteroatoms. The first-order valence-corrected chi connectivity index (χ1v) is 15.3. The molecule has 2 saturated heterocycles. The highest BCUT2D eigenvalue weighted by molar-refractivity contribution is 5.76. The summed E-state index contributed by atoms with van der Waals surface area (Å²) in [5, 5.41) is 86.2. The Bertz CT molecular complexity index is 1570. The van der Waals surface area contributed by atoms with Gasteiger partial charge in [-0.15, -0.1) is 0 Å². The van der Waals surface area contributed by atoms with Gasteiger partial charge in [-0.1, -0.05) is 0 Å². The van der Waals surface area contributed by atoms with Crippen molar-refractivity contribution in [1.82, 2.24) is 19.6 Å². The molecule has 51 heavy (non-hydrogen) atoms. The quantitative estimate of drug-likeness (QED) is 0.163. The Hall–Kier alpha value is -3.41. The number of carbonyl (C=O) groups excluding carboxylic acids is 2. The monoisotopic (exact) mass is 746 g/mol. The third-order valence-electron chi connectivity index (χ3n) is 9.59. The molecule has 4 rings (SSSR count). The van der Waals surface area contributed by atoms with Crippen molar-refractivity contribution in [3.8, 4) is 0 Å². The van der Waals surface area contributed by atoms with Gasteiger partial charge >= 0.3 is 42.0 Å². The van der Waals surface area contributed by atoms with E-state index in [1.165, 1.54) is 6.92 Å². The van der Waals surface area contributed by atoms with E-state index in [-0.39, 0.29) is 35.0 Å². The lowest BCUT2D eigenvalue weighted by Crippen LogP contribution is -2.92. The van der Waals surface area contributed by atoms with Crippen LogP contribution in [0.15, 0.2) is 41.2 Å². The second-order valence-electron chi connectivity index (χ2n) is 12.9. The molecule has 1 aliphatic carbocycles. The number of benzene rings is 1. The van der Waals surface area contributed by atoms with E-state index in [0.717, 1.165) is 29.8 Å². The molecule has 0 saturated carbocycles. The minimum absolute atomic E-state index is 0.0777. The van der Waals surface area contributed by atoms with Crippen LogP contribution in [0.3, 0.4) is 0 Å². The summed E-state index contributed by atoms with van der Waals surface area (Å²) < 4.78 is 95.7. The van der Waals surface area contributed by atoms with Crippen LogP contribution in [-0.2, 0) is 17.1 Å². The van der Waals surface area contributed by atoms with Gasteiger partial charge in [-0.25, -0.2) is 14.1 Å². The van der Waals surface area contributed by atoms with Gasteiger partial charge in [0.25, 0.3) is 0 Å². The van der Waals surface area contributed by atoms with E-state index in [1.54, 1.807) is 0 Å². The number of halogens is 7. The first-order chi connectivity index (χ1) is 23.0. The van der Waals surface area contributed by atoms with E-state index in [9.17, 15) is 81.2 Å². The van der Waals surface area contributed by atoms with Crippen molar-refractivity contribution < 1.29 is 81.2 Å². The number of alkyl halides is 6. The summed E-state index contributed by atoms with van der Waals surface area (Å²) in [7, 11) is 1.09. The average Bonchev–Trinajstić information content (AvgIpc) is 2.97. The molecule has 2 aliphatic heterocycles. The number of likely N-dealkylation sites (tertiary alicyclic amines) is 1. The van der Waals surface area contributed by atoms with Gasteiger partial charge < -0.3 is 50.7 Å². The number of piperidine rings is 1. The maximum Gasteiger partial charge on any atom is 0.416 e. The van der Waals surface area contributed by atoms with Crippen molar-refractivity contribution in [2.45, 2.75) is 101 Å². The zero-order valence-electron chi connectivity index (χ0n) is 27.4. The van der Waals surface area contributed by atoms with Crippen molar-refractivity contribution in [2.75, 3.05) is 13.6 Å². The van der Waals surface area contributed by atoms with E-state index in [1.807, 2.05) is 0 Å². The number of carbonyl (C=O) groups is 2. The molecule has 0 spiro atoms. The third kappa shape index (κ3) is 6.81. The number of urea groups is 1. The van der Waals surface area contributed by atoms with Crippen molar-refractivity contribution in [1.29, 1.82) is 0 Å². The Morgan fingerprint density at radius 3 is 1.78 bits per heavy atom. The van der Waals surface area contributed by atoms with Crippen molar-refractivity contribution in [3.63, 3.8) is 0 Å². The van der Waals surface area contributed by atoms with E-state index in [2.05, 4.69) is 0 Å². The van der Waals surface area contributed by atoms with Crippen molar-refractivity contribution >= 4 is 11.9 Å². The minimum Gasteiger partial charge on any atom is -0.347 e. The van der Waals surface area contributed by atoms with Gasteiger partial charge in [-0.2, -0.15) is 31.2 Å². The van der Waals surface area contributed by atoms with Crippen LogP contribution in [0.4, 0.5) is 35.5 Å². The largest absolute Gasteiger partial charge is 0.416 e. The Morgan fingerprint density at radius 1 is 0.863 bits per heavy atom. The SMILES string of the molecule is CC(=O)N1C(O)(O)C(O)(O)N(C2CCN(C(=O)N(C)C(C)c3cc(C(F)(F)F)cc(C(F)(F)F)c3)C(C3=C(C)C=C(F)CC3)C2)C(O)(O)C1(O)O. The predicted molar refractivity (Wildman–Crippen MR) is 156 cm³/mol. The highest BCUT2D eigenvalue weighted by Crippen LogP contribution is 2.48. The lowest BCUT2D eigenvalue weighted by atomic mass is 9.83. The number of amides is 3. The highest BCUT2D eigenvalue weighted by atomic mass is 19.4. The van der Waals surface area contributed by atoms with E-state index in [0.29, 0.717) is 19.1 Å².